The smallest absolute Gasteiger partial charge is 0.0205 e. The fraction of sp³-hybridized carbons (Fsp3) is 0.625. The van der Waals surface area contributed by atoms with E-state index in [0.29, 0.717) is 5.41 Å². The highest BCUT2D eigenvalue weighted by molar-refractivity contribution is 5.29. The van der Waals surface area contributed by atoms with Crippen molar-refractivity contribution < 1.29 is 0 Å². The summed E-state index contributed by atoms with van der Waals surface area (Å²) in [6.45, 7) is 8.97. The maximum Gasteiger partial charge on any atom is 0.0205 e. The van der Waals surface area contributed by atoms with Crippen molar-refractivity contribution >= 4 is 0 Å². The van der Waals surface area contributed by atoms with Crippen LogP contribution in [0.15, 0.2) is 18.2 Å². The molecule has 0 saturated heterocycles. The summed E-state index contributed by atoms with van der Waals surface area (Å²) >= 11 is 0. The van der Waals surface area contributed by atoms with Gasteiger partial charge in [-0.2, -0.15) is 0 Å². The second-order valence-corrected chi connectivity index (χ2v) is 6.04. The molecule has 1 aliphatic carbocycles. The van der Waals surface area contributed by atoms with Gasteiger partial charge in [0.25, 0.3) is 0 Å². The Hall–Kier alpha value is -0.820. The van der Waals surface area contributed by atoms with Gasteiger partial charge in [0, 0.05) is 13.1 Å². The van der Waals surface area contributed by atoms with Crippen molar-refractivity contribution in [1.29, 1.82) is 0 Å². The normalized spacial score (nSPS) is 18.5. The lowest BCUT2D eigenvalue weighted by Gasteiger charge is -2.23. The third-order valence-corrected chi connectivity index (χ3v) is 4.26. The monoisotopic (exact) mass is 231 g/mol. The van der Waals surface area contributed by atoms with Crippen molar-refractivity contribution in [3.63, 3.8) is 0 Å². The molecule has 0 radical (unpaired) electrons. The maximum absolute atomic E-state index is 3.63. The van der Waals surface area contributed by atoms with E-state index in [9.17, 15) is 0 Å². The molecular weight excluding hydrogens is 206 g/mol. The summed E-state index contributed by atoms with van der Waals surface area (Å²) in [7, 11) is 0. The van der Waals surface area contributed by atoms with E-state index in [-0.39, 0.29) is 0 Å². The molecule has 1 nitrogen and oxygen atoms in total. The zero-order valence-electron chi connectivity index (χ0n) is 11.5. The van der Waals surface area contributed by atoms with Crippen molar-refractivity contribution in [3.05, 3.63) is 34.9 Å². The molecule has 94 valence electrons. The van der Waals surface area contributed by atoms with Crippen LogP contribution in [0.1, 0.15) is 49.3 Å². The summed E-state index contributed by atoms with van der Waals surface area (Å²) in [5, 5.41) is 3.63. The lowest BCUT2D eigenvalue weighted by Crippen LogP contribution is -2.29. The van der Waals surface area contributed by atoms with Gasteiger partial charge >= 0.3 is 0 Å². The predicted octanol–water partition coefficient (Wildman–Crippen LogP) is 3.97. The Bertz CT molecular complexity index is 375. The first kappa shape index (κ1) is 12.6. The minimum atomic E-state index is 0.555. The van der Waals surface area contributed by atoms with Gasteiger partial charge in [-0.25, -0.2) is 0 Å². The first-order valence-corrected chi connectivity index (χ1v) is 6.86. The van der Waals surface area contributed by atoms with E-state index in [4.69, 9.17) is 0 Å². The zero-order chi connectivity index (χ0) is 12.3. The number of aryl methyl sites for hydroxylation is 2. The van der Waals surface area contributed by atoms with Gasteiger partial charge in [0.2, 0.25) is 0 Å². The Morgan fingerprint density at radius 3 is 2.47 bits per heavy atom. The molecule has 0 heterocycles. The molecule has 1 N–H and O–H groups in total. The van der Waals surface area contributed by atoms with E-state index in [1.54, 1.807) is 0 Å². The minimum absolute atomic E-state index is 0.555. The third kappa shape index (κ3) is 3.32. The molecule has 0 spiro atoms. The average Bonchev–Trinajstić information content (AvgIpc) is 2.71. The Labute approximate surface area is 106 Å². The third-order valence-electron chi connectivity index (χ3n) is 4.26. The minimum Gasteiger partial charge on any atom is -0.312 e. The van der Waals surface area contributed by atoms with Gasteiger partial charge < -0.3 is 5.32 Å². The second kappa shape index (κ2) is 5.22. The Kier molecular flexibility index (Phi) is 3.88. The van der Waals surface area contributed by atoms with Crippen LogP contribution in [0, 0.1) is 19.3 Å². The Morgan fingerprint density at radius 2 is 1.82 bits per heavy atom. The maximum atomic E-state index is 3.63. The molecule has 17 heavy (non-hydrogen) atoms. The van der Waals surface area contributed by atoms with Crippen LogP contribution in [-0.4, -0.2) is 6.54 Å². The van der Waals surface area contributed by atoms with Gasteiger partial charge in [0.05, 0.1) is 0 Å². The molecule has 0 aliphatic heterocycles. The van der Waals surface area contributed by atoms with Crippen LogP contribution in [0.2, 0.25) is 0 Å². The average molecular weight is 231 g/mol. The second-order valence-electron chi connectivity index (χ2n) is 6.04. The molecule has 1 aromatic rings. The summed E-state index contributed by atoms with van der Waals surface area (Å²) in [5.74, 6) is 0. The number of hydrogen-bond donors (Lipinski definition) is 1. The molecule has 0 aromatic heterocycles. The summed E-state index contributed by atoms with van der Waals surface area (Å²) in [4.78, 5) is 0. The lowest BCUT2D eigenvalue weighted by molar-refractivity contribution is 0.314. The van der Waals surface area contributed by atoms with Gasteiger partial charge in [-0.15, -0.1) is 0 Å². The largest absolute Gasteiger partial charge is 0.312 e. The fourth-order valence-electron chi connectivity index (χ4n) is 2.83. The van der Waals surface area contributed by atoms with Gasteiger partial charge in [0.1, 0.15) is 0 Å². The van der Waals surface area contributed by atoms with E-state index >= 15 is 0 Å². The van der Waals surface area contributed by atoms with E-state index in [2.05, 4.69) is 44.3 Å². The number of benzene rings is 1. The molecule has 0 atom stereocenters. The molecule has 1 saturated carbocycles. The first-order valence-electron chi connectivity index (χ1n) is 6.86. The highest BCUT2D eigenvalue weighted by Crippen LogP contribution is 2.36. The van der Waals surface area contributed by atoms with Crippen molar-refractivity contribution in [3.8, 4) is 0 Å². The molecule has 2 rings (SSSR count). The SMILES string of the molecule is Cc1ccc(CNCC2(C)CCCC2)cc1C. The zero-order valence-corrected chi connectivity index (χ0v) is 11.5. The highest BCUT2D eigenvalue weighted by atomic mass is 14.9. The van der Waals surface area contributed by atoms with Gasteiger partial charge in [-0.3, -0.25) is 0 Å². The van der Waals surface area contributed by atoms with Crippen LogP contribution in [0.3, 0.4) is 0 Å². The van der Waals surface area contributed by atoms with Crippen LogP contribution in [0.4, 0.5) is 0 Å². The van der Waals surface area contributed by atoms with Crippen molar-refractivity contribution in [2.75, 3.05) is 6.54 Å². The molecule has 0 bridgehead atoms. The fourth-order valence-corrected chi connectivity index (χ4v) is 2.83. The lowest BCUT2D eigenvalue weighted by atomic mass is 9.89. The summed E-state index contributed by atoms with van der Waals surface area (Å²) in [6.07, 6.45) is 5.63. The van der Waals surface area contributed by atoms with Crippen LogP contribution in [-0.2, 0) is 6.54 Å². The topological polar surface area (TPSA) is 12.0 Å². The van der Waals surface area contributed by atoms with Gasteiger partial charge in [-0.1, -0.05) is 38.0 Å². The van der Waals surface area contributed by atoms with Crippen molar-refractivity contribution in [1.82, 2.24) is 5.32 Å². The molecule has 1 aromatic carbocycles. The predicted molar refractivity (Wildman–Crippen MR) is 74.2 cm³/mol. The quantitative estimate of drug-likeness (QED) is 0.826. The van der Waals surface area contributed by atoms with Crippen LogP contribution < -0.4 is 5.32 Å². The summed E-state index contributed by atoms with van der Waals surface area (Å²) < 4.78 is 0. The molecule has 1 heteroatoms. The number of rotatable bonds is 4. The molecule has 0 unspecified atom stereocenters. The number of hydrogen-bond acceptors (Lipinski definition) is 1. The van der Waals surface area contributed by atoms with Crippen molar-refractivity contribution in [2.24, 2.45) is 5.41 Å². The standard InChI is InChI=1S/C16H25N/c1-13-6-7-15(10-14(13)2)11-17-12-16(3)8-4-5-9-16/h6-7,10,17H,4-5,8-9,11-12H2,1-3H3. The Balaban J connectivity index is 1.83. The summed E-state index contributed by atoms with van der Waals surface area (Å²) in [5.41, 5.74) is 4.75. The molecule has 1 aliphatic rings. The van der Waals surface area contributed by atoms with Crippen molar-refractivity contribution in [2.45, 2.75) is 53.0 Å². The highest BCUT2D eigenvalue weighted by Gasteiger charge is 2.27. The Morgan fingerprint density at radius 1 is 1.12 bits per heavy atom. The van der Waals surface area contributed by atoms with E-state index in [1.807, 2.05) is 0 Å². The van der Waals surface area contributed by atoms with E-state index in [1.165, 1.54) is 48.9 Å². The molecular formula is C16H25N. The number of nitrogens with one attached hydrogen (secondary N) is 1. The van der Waals surface area contributed by atoms with E-state index < -0.39 is 0 Å². The van der Waals surface area contributed by atoms with Gasteiger partial charge in [0.15, 0.2) is 0 Å². The summed E-state index contributed by atoms with van der Waals surface area (Å²) in [6, 6.07) is 6.77. The molecule has 0 amide bonds. The van der Waals surface area contributed by atoms with Crippen LogP contribution in [0.5, 0.6) is 0 Å². The van der Waals surface area contributed by atoms with Crippen LogP contribution >= 0.6 is 0 Å². The van der Waals surface area contributed by atoms with Crippen LogP contribution in [0.25, 0.3) is 0 Å². The first-order chi connectivity index (χ1) is 8.09. The van der Waals surface area contributed by atoms with E-state index in [0.717, 1.165) is 6.54 Å². The molecule has 1 fully saturated rings. The van der Waals surface area contributed by atoms with Gasteiger partial charge in [-0.05, 0) is 48.8 Å².